The first kappa shape index (κ1) is 12.9. The molecule has 1 unspecified atom stereocenters. The van der Waals surface area contributed by atoms with Crippen LogP contribution in [-0.2, 0) is 6.54 Å². The molecule has 0 spiro atoms. The minimum Gasteiger partial charge on any atom is -0.371 e. The molecule has 3 nitrogen and oxygen atoms in total. The van der Waals surface area contributed by atoms with Gasteiger partial charge in [0.2, 0.25) is 0 Å². The highest BCUT2D eigenvalue weighted by molar-refractivity contribution is 5.60. The van der Waals surface area contributed by atoms with Crippen LogP contribution in [0.5, 0.6) is 0 Å². The number of nitrogens with one attached hydrogen (secondary N) is 1. The topological polar surface area (TPSA) is 39.1 Å². The van der Waals surface area contributed by atoms with E-state index in [9.17, 15) is 5.26 Å². The highest BCUT2D eigenvalue weighted by Gasteiger charge is 2.31. The zero-order chi connectivity index (χ0) is 13.1. The smallest absolute Gasteiger partial charge is 0.101 e. The average molecular weight is 243 g/mol. The van der Waals surface area contributed by atoms with Crippen LogP contribution in [0.25, 0.3) is 0 Å². The highest BCUT2D eigenvalue weighted by Crippen LogP contribution is 2.37. The Morgan fingerprint density at radius 2 is 2.22 bits per heavy atom. The number of benzene rings is 1. The van der Waals surface area contributed by atoms with E-state index in [1.807, 2.05) is 13.1 Å². The second-order valence-electron chi connectivity index (χ2n) is 5.18. The van der Waals surface area contributed by atoms with Crippen molar-refractivity contribution in [3.8, 4) is 6.07 Å². The van der Waals surface area contributed by atoms with Gasteiger partial charge in [0.1, 0.15) is 6.07 Å². The summed E-state index contributed by atoms with van der Waals surface area (Å²) in [7, 11) is 4.01. The van der Waals surface area contributed by atoms with Crippen LogP contribution in [0.3, 0.4) is 0 Å². The van der Waals surface area contributed by atoms with E-state index in [2.05, 4.69) is 42.4 Å². The first-order chi connectivity index (χ1) is 8.67. The van der Waals surface area contributed by atoms with E-state index in [-0.39, 0.29) is 0 Å². The summed E-state index contributed by atoms with van der Waals surface area (Å²) in [5.41, 5.74) is 2.99. The van der Waals surface area contributed by atoms with Crippen LogP contribution in [-0.4, -0.2) is 20.1 Å². The quantitative estimate of drug-likeness (QED) is 0.863. The zero-order valence-corrected chi connectivity index (χ0v) is 11.4. The lowest BCUT2D eigenvalue weighted by molar-refractivity contribution is 0.609. The lowest BCUT2D eigenvalue weighted by atomic mass is 10.1. The van der Waals surface area contributed by atoms with Crippen LogP contribution in [0, 0.1) is 17.2 Å². The Balaban J connectivity index is 2.23. The maximum absolute atomic E-state index is 9.30. The van der Waals surface area contributed by atoms with E-state index in [1.165, 1.54) is 12.8 Å². The third-order valence-electron chi connectivity index (χ3n) is 3.86. The third-order valence-corrected chi connectivity index (χ3v) is 3.86. The molecule has 96 valence electrons. The Bertz CT molecular complexity index is 457. The molecule has 1 saturated carbocycles. The Morgan fingerprint density at radius 3 is 2.78 bits per heavy atom. The van der Waals surface area contributed by atoms with E-state index < -0.39 is 0 Å². The van der Waals surface area contributed by atoms with Crippen LogP contribution in [0.15, 0.2) is 18.2 Å². The molecular weight excluding hydrogens is 222 g/mol. The fraction of sp³-hybridized carbons (Fsp3) is 0.533. The number of nitriles is 1. The van der Waals surface area contributed by atoms with Gasteiger partial charge in [0.15, 0.2) is 0 Å². The first-order valence-corrected chi connectivity index (χ1v) is 6.57. The van der Waals surface area contributed by atoms with Gasteiger partial charge in [-0.25, -0.2) is 0 Å². The first-order valence-electron chi connectivity index (χ1n) is 6.57. The third kappa shape index (κ3) is 2.65. The highest BCUT2D eigenvalue weighted by atomic mass is 15.1. The Kier molecular flexibility index (Phi) is 3.88. The lowest BCUT2D eigenvalue weighted by Crippen LogP contribution is -2.31. The van der Waals surface area contributed by atoms with Crippen LogP contribution in [0.4, 0.5) is 5.69 Å². The van der Waals surface area contributed by atoms with Crippen molar-refractivity contribution in [3.63, 3.8) is 0 Å². The minimum atomic E-state index is 0.521. The van der Waals surface area contributed by atoms with Gasteiger partial charge in [0.05, 0.1) is 11.3 Å². The maximum Gasteiger partial charge on any atom is 0.101 e. The van der Waals surface area contributed by atoms with Crippen LogP contribution >= 0.6 is 0 Å². The van der Waals surface area contributed by atoms with Crippen molar-refractivity contribution >= 4 is 5.69 Å². The van der Waals surface area contributed by atoms with Gasteiger partial charge in [-0.05, 0) is 50.4 Å². The Hall–Kier alpha value is -1.53. The van der Waals surface area contributed by atoms with Gasteiger partial charge in [-0.1, -0.05) is 6.07 Å². The molecule has 0 heterocycles. The molecule has 1 aromatic carbocycles. The summed E-state index contributed by atoms with van der Waals surface area (Å²) < 4.78 is 0. The van der Waals surface area contributed by atoms with Gasteiger partial charge in [0.25, 0.3) is 0 Å². The van der Waals surface area contributed by atoms with Crippen LogP contribution in [0.2, 0.25) is 0 Å². The fourth-order valence-corrected chi connectivity index (χ4v) is 2.41. The second-order valence-corrected chi connectivity index (χ2v) is 5.18. The summed E-state index contributed by atoms with van der Waals surface area (Å²) >= 11 is 0. The molecule has 1 fully saturated rings. The summed E-state index contributed by atoms with van der Waals surface area (Å²) in [6, 6.07) is 9.00. The predicted octanol–water partition coefficient (Wildman–Crippen LogP) is 2.51. The van der Waals surface area contributed by atoms with Gasteiger partial charge >= 0.3 is 0 Å². The summed E-state index contributed by atoms with van der Waals surface area (Å²) in [5, 5.41) is 12.4. The van der Waals surface area contributed by atoms with Crippen molar-refractivity contribution < 1.29 is 0 Å². The largest absolute Gasteiger partial charge is 0.371 e. The summed E-state index contributed by atoms with van der Waals surface area (Å²) in [5.74, 6) is 0.804. The van der Waals surface area contributed by atoms with E-state index in [0.717, 1.165) is 29.3 Å². The van der Waals surface area contributed by atoms with Crippen molar-refractivity contribution in [2.45, 2.75) is 32.4 Å². The molecule has 1 aromatic rings. The van der Waals surface area contributed by atoms with Gasteiger partial charge in [0, 0.05) is 19.6 Å². The van der Waals surface area contributed by atoms with Crippen molar-refractivity contribution in [3.05, 3.63) is 29.3 Å². The molecule has 2 rings (SSSR count). The number of rotatable bonds is 5. The molecule has 18 heavy (non-hydrogen) atoms. The van der Waals surface area contributed by atoms with Gasteiger partial charge in [-0.3, -0.25) is 0 Å². The van der Waals surface area contributed by atoms with Crippen LogP contribution < -0.4 is 10.2 Å². The minimum absolute atomic E-state index is 0.521. The van der Waals surface area contributed by atoms with Gasteiger partial charge < -0.3 is 10.2 Å². The van der Waals surface area contributed by atoms with E-state index in [4.69, 9.17) is 0 Å². The SMILES string of the molecule is CNCc1ccc(N(C)C(C)C2CC2)c(C#N)c1. The Morgan fingerprint density at radius 1 is 1.50 bits per heavy atom. The molecule has 0 saturated heterocycles. The van der Waals surface area contributed by atoms with Gasteiger partial charge in [-0.2, -0.15) is 5.26 Å². The van der Waals surface area contributed by atoms with Crippen molar-refractivity contribution in [2.24, 2.45) is 5.92 Å². The summed E-state index contributed by atoms with van der Waals surface area (Å²) in [4.78, 5) is 2.25. The van der Waals surface area contributed by atoms with E-state index in [0.29, 0.717) is 6.04 Å². The molecule has 3 heteroatoms. The molecule has 0 amide bonds. The van der Waals surface area contributed by atoms with Crippen molar-refractivity contribution in [1.29, 1.82) is 5.26 Å². The molecule has 1 N–H and O–H groups in total. The number of nitrogens with zero attached hydrogens (tertiary/aromatic N) is 2. The van der Waals surface area contributed by atoms with E-state index in [1.54, 1.807) is 0 Å². The Labute approximate surface area is 109 Å². The van der Waals surface area contributed by atoms with E-state index >= 15 is 0 Å². The summed E-state index contributed by atoms with van der Waals surface area (Å²) in [6.07, 6.45) is 2.65. The molecule has 0 aliphatic heterocycles. The average Bonchev–Trinajstić information content (AvgIpc) is 3.21. The van der Waals surface area contributed by atoms with Crippen molar-refractivity contribution in [1.82, 2.24) is 5.32 Å². The van der Waals surface area contributed by atoms with Crippen molar-refractivity contribution in [2.75, 3.05) is 19.0 Å². The maximum atomic E-state index is 9.30. The molecule has 0 aromatic heterocycles. The zero-order valence-electron chi connectivity index (χ0n) is 11.4. The molecule has 1 aliphatic carbocycles. The number of hydrogen-bond acceptors (Lipinski definition) is 3. The molecule has 0 bridgehead atoms. The standard InChI is InChI=1S/C15H21N3/c1-11(13-5-6-13)18(3)15-7-4-12(10-17-2)8-14(15)9-16/h4,7-8,11,13,17H,5-6,10H2,1-3H3. The molecule has 1 aliphatic rings. The monoisotopic (exact) mass is 243 g/mol. The van der Waals surface area contributed by atoms with Crippen LogP contribution in [0.1, 0.15) is 30.9 Å². The predicted molar refractivity (Wildman–Crippen MR) is 74.5 cm³/mol. The fourth-order valence-electron chi connectivity index (χ4n) is 2.41. The lowest BCUT2D eigenvalue weighted by Gasteiger charge is -2.28. The second kappa shape index (κ2) is 5.41. The number of hydrogen-bond donors (Lipinski definition) is 1. The van der Waals surface area contributed by atoms with Gasteiger partial charge in [-0.15, -0.1) is 0 Å². The molecule has 0 radical (unpaired) electrons. The molecule has 1 atom stereocenters. The number of anilines is 1. The molecular formula is C15H21N3. The normalized spacial score (nSPS) is 16.1. The summed E-state index contributed by atoms with van der Waals surface area (Å²) in [6.45, 7) is 3.05.